The lowest BCUT2D eigenvalue weighted by atomic mass is 9.92. The molecule has 2 bridgehead atoms. The van der Waals surface area contributed by atoms with Gasteiger partial charge in [-0.2, -0.15) is 5.01 Å². The van der Waals surface area contributed by atoms with E-state index >= 15 is 0 Å². The van der Waals surface area contributed by atoms with Gasteiger partial charge in [-0.1, -0.05) is 11.6 Å². The van der Waals surface area contributed by atoms with Gasteiger partial charge in [0.15, 0.2) is 6.17 Å². The Hall–Kier alpha value is -2.49. The zero-order valence-electron chi connectivity index (χ0n) is 18.4. The van der Waals surface area contributed by atoms with Crippen molar-refractivity contribution in [3.8, 4) is 0 Å². The summed E-state index contributed by atoms with van der Waals surface area (Å²) in [6.45, 7) is 5.18. The topological polar surface area (TPSA) is 77.9 Å². The number of fused-ring (bicyclic) bond motifs is 3. The summed E-state index contributed by atoms with van der Waals surface area (Å²) in [5.74, 6) is 2.46. The molecule has 2 aromatic rings. The van der Waals surface area contributed by atoms with Crippen molar-refractivity contribution in [2.75, 3.05) is 31.1 Å². The number of aliphatic imine (C=N–C) groups is 1. The summed E-state index contributed by atoms with van der Waals surface area (Å²) in [7, 11) is 0. The van der Waals surface area contributed by atoms with Crippen LogP contribution in [0, 0.1) is 24.6 Å². The highest BCUT2D eigenvalue weighted by Gasteiger charge is 2.45. The quantitative estimate of drug-likeness (QED) is 0.712. The largest absolute Gasteiger partial charge is 0.368 e. The summed E-state index contributed by atoms with van der Waals surface area (Å²) in [5, 5.41) is 6.12. The Morgan fingerprint density at radius 2 is 1.97 bits per heavy atom. The van der Waals surface area contributed by atoms with E-state index in [0.717, 1.165) is 30.6 Å². The van der Waals surface area contributed by atoms with Crippen molar-refractivity contribution in [2.24, 2.45) is 16.8 Å². The van der Waals surface area contributed by atoms with Crippen LogP contribution in [0.1, 0.15) is 30.2 Å². The van der Waals surface area contributed by atoms with Gasteiger partial charge < -0.3 is 15.0 Å². The van der Waals surface area contributed by atoms with Gasteiger partial charge in [0.2, 0.25) is 5.96 Å². The van der Waals surface area contributed by atoms with Crippen molar-refractivity contribution in [1.29, 1.82) is 0 Å². The Labute approximate surface area is 197 Å². The van der Waals surface area contributed by atoms with Crippen molar-refractivity contribution < 1.29 is 9.13 Å². The number of benzene rings is 1. The predicted octanol–water partition coefficient (Wildman–Crippen LogP) is 2.66. The van der Waals surface area contributed by atoms with Gasteiger partial charge in [0.1, 0.15) is 24.1 Å². The zero-order valence-corrected chi connectivity index (χ0v) is 19.2. The van der Waals surface area contributed by atoms with Gasteiger partial charge in [0.25, 0.3) is 0 Å². The summed E-state index contributed by atoms with van der Waals surface area (Å²) in [6.07, 6.45) is 3.39. The molecule has 1 aromatic carbocycles. The average Bonchev–Trinajstić information content (AvgIpc) is 3.29. The molecule has 174 valence electrons. The first-order valence-corrected chi connectivity index (χ1v) is 11.9. The number of morpholine rings is 1. The number of piperidine rings is 1. The summed E-state index contributed by atoms with van der Waals surface area (Å²) in [5.41, 5.74) is 5.11. The van der Waals surface area contributed by atoms with Crippen molar-refractivity contribution in [2.45, 2.75) is 38.1 Å². The molecule has 10 heteroatoms. The number of guanidine groups is 1. The molecule has 33 heavy (non-hydrogen) atoms. The highest BCUT2D eigenvalue weighted by atomic mass is 35.5. The first kappa shape index (κ1) is 21.1. The van der Waals surface area contributed by atoms with Crippen molar-refractivity contribution in [3.05, 3.63) is 52.7 Å². The minimum absolute atomic E-state index is 0.263. The van der Waals surface area contributed by atoms with Crippen LogP contribution in [0.25, 0.3) is 0 Å². The molecule has 6 rings (SSSR count). The SMILES string of the molecule is Cc1cc(N2C[C@H]3CC[C@@H](C2)C3NC2=NC3[C@@H](c4cc(F)cc(Cl)c4)OCCN3N2)ncn1. The van der Waals surface area contributed by atoms with E-state index < -0.39 is 0 Å². The minimum Gasteiger partial charge on any atom is -0.368 e. The monoisotopic (exact) mass is 471 g/mol. The smallest absolute Gasteiger partial charge is 0.208 e. The Kier molecular flexibility index (Phi) is 5.35. The molecule has 0 amide bonds. The van der Waals surface area contributed by atoms with Crippen LogP contribution >= 0.6 is 11.6 Å². The van der Waals surface area contributed by atoms with E-state index in [-0.39, 0.29) is 18.1 Å². The molecule has 2 N–H and O–H groups in total. The normalized spacial score (nSPS) is 31.2. The fourth-order valence-electron chi connectivity index (χ4n) is 5.71. The third-order valence-corrected chi connectivity index (χ3v) is 7.41. The first-order valence-electron chi connectivity index (χ1n) is 11.5. The summed E-state index contributed by atoms with van der Waals surface area (Å²) >= 11 is 6.09. The van der Waals surface area contributed by atoms with E-state index in [2.05, 4.69) is 36.7 Å². The average molecular weight is 472 g/mol. The van der Waals surface area contributed by atoms with Gasteiger partial charge >= 0.3 is 0 Å². The molecule has 3 aliphatic heterocycles. The van der Waals surface area contributed by atoms with Gasteiger partial charge in [0, 0.05) is 42.5 Å². The van der Waals surface area contributed by atoms with Crippen LogP contribution in [0.5, 0.6) is 0 Å². The van der Waals surface area contributed by atoms with E-state index in [4.69, 9.17) is 21.3 Å². The van der Waals surface area contributed by atoms with Gasteiger partial charge in [-0.05, 0) is 55.4 Å². The van der Waals surface area contributed by atoms with Crippen LogP contribution in [0.3, 0.4) is 0 Å². The number of hydrogen-bond donors (Lipinski definition) is 2. The molecule has 5 atom stereocenters. The van der Waals surface area contributed by atoms with E-state index in [0.29, 0.717) is 41.6 Å². The molecule has 4 aliphatic rings. The number of aromatic nitrogens is 2. The zero-order chi connectivity index (χ0) is 22.5. The van der Waals surface area contributed by atoms with Crippen LogP contribution in [-0.4, -0.2) is 59.4 Å². The van der Waals surface area contributed by atoms with E-state index in [9.17, 15) is 4.39 Å². The number of nitrogens with one attached hydrogen (secondary N) is 2. The standard InChI is InChI=1S/C23H27ClFN7O/c1-13-6-19(27-12-26-13)31-10-14-2-3-15(11-31)20(14)28-23-29-22-21(33-5-4-32(22)30-23)16-7-17(24)9-18(25)8-16/h6-9,12,14-15,20-22H,2-5,10-11H2,1H3,(H2,28,29,30)/t14-,15+,20?,21-,22?/m1/s1. The number of anilines is 1. The van der Waals surface area contributed by atoms with E-state index in [1.54, 1.807) is 12.4 Å². The molecule has 1 aliphatic carbocycles. The number of rotatable bonds is 3. The third kappa shape index (κ3) is 4.02. The van der Waals surface area contributed by atoms with E-state index in [1.807, 2.05) is 6.92 Å². The Balaban J connectivity index is 1.17. The molecular formula is C23H27ClFN7O. The minimum atomic E-state index is -0.377. The molecule has 0 radical (unpaired) electrons. The maximum absolute atomic E-state index is 14.0. The molecule has 2 saturated heterocycles. The van der Waals surface area contributed by atoms with Crippen LogP contribution in [0.4, 0.5) is 10.2 Å². The number of ether oxygens (including phenoxy) is 1. The number of aryl methyl sites for hydroxylation is 1. The Morgan fingerprint density at radius 3 is 2.73 bits per heavy atom. The fourth-order valence-corrected chi connectivity index (χ4v) is 5.94. The molecule has 3 fully saturated rings. The molecular weight excluding hydrogens is 445 g/mol. The lowest BCUT2D eigenvalue weighted by molar-refractivity contribution is -0.0733. The number of halogens is 2. The van der Waals surface area contributed by atoms with Gasteiger partial charge in [-0.15, -0.1) is 0 Å². The summed E-state index contributed by atoms with van der Waals surface area (Å²) in [4.78, 5) is 16.0. The predicted molar refractivity (Wildman–Crippen MR) is 123 cm³/mol. The van der Waals surface area contributed by atoms with Crippen molar-refractivity contribution >= 4 is 23.4 Å². The van der Waals surface area contributed by atoms with Crippen molar-refractivity contribution in [1.82, 2.24) is 25.7 Å². The van der Waals surface area contributed by atoms with Gasteiger partial charge in [-0.25, -0.2) is 19.4 Å². The molecule has 4 heterocycles. The second-order valence-electron chi connectivity index (χ2n) is 9.38. The Bertz CT molecular complexity index is 1050. The molecule has 0 spiro atoms. The van der Waals surface area contributed by atoms with Crippen LogP contribution in [-0.2, 0) is 4.74 Å². The van der Waals surface area contributed by atoms with Crippen molar-refractivity contribution in [3.63, 3.8) is 0 Å². The second kappa shape index (κ2) is 8.38. The maximum atomic E-state index is 14.0. The van der Waals surface area contributed by atoms with Gasteiger partial charge in [0.05, 0.1) is 6.61 Å². The lowest BCUT2D eigenvalue weighted by Gasteiger charge is -2.39. The number of nitrogens with zero attached hydrogens (tertiary/aromatic N) is 5. The second-order valence-corrected chi connectivity index (χ2v) is 9.82. The van der Waals surface area contributed by atoms with Crippen LogP contribution in [0.2, 0.25) is 5.02 Å². The van der Waals surface area contributed by atoms with Crippen LogP contribution in [0.15, 0.2) is 35.6 Å². The van der Waals surface area contributed by atoms with E-state index in [1.165, 1.54) is 25.0 Å². The first-order chi connectivity index (χ1) is 16.0. The molecule has 8 nitrogen and oxygen atoms in total. The summed E-state index contributed by atoms with van der Waals surface area (Å²) < 4.78 is 19.9. The molecule has 1 aromatic heterocycles. The Morgan fingerprint density at radius 1 is 1.15 bits per heavy atom. The number of hydrazine groups is 1. The fraction of sp³-hybridized carbons (Fsp3) is 0.522. The maximum Gasteiger partial charge on any atom is 0.208 e. The highest BCUT2D eigenvalue weighted by molar-refractivity contribution is 6.30. The molecule has 1 saturated carbocycles. The third-order valence-electron chi connectivity index (χ3n) is 7.19. The highest BCUT2D eigenvalue weighted by Crippen LogP contribution is 2.39. The lowest BCUT2D eigenvalue weighted by Crippen LogP contribution is -2.56. The number of hydrogen-bond acceptors (Lipinski definition) is 8. The summed E-state index contributed by atoms with van der Waals surface area (Å²) in [6, 6.07) is 6.96. The van der Waals surface area contributed by atoms with Crippen LogP contribution < -0.4 is 15.6 Å². The van der Waals surface area contributed by atoms with Gasteiger partial charge in [-0.3, -0.25) is 5.43 Å². The molecule has 2 unspecified atom stereocenters.